The van der Waals surface area contributed by atoms with E-state index in [1.165, 1.54) is 7.11 Å². The van der Waals surface area contributed by atoms with E-state index in [1.54, 1.807) is 24.0 Å². The minimum absolute atomic E-state index is 0.0151. The van der Waals surface area contributed by atoms with Gasteiger partial charge in [-0.2, -0.15) is 0 Å². The van der Waals surface area contributed by atoms with Crippen LogP contribution in [0, 0.1) is 0 Å². The average molecular weight is 348 g/mol. The topological polar surface area (TPSA) is 105 Å². The molecule has 0 bridgehead atoms. The maximum Gasteiger partial charge on any atom is 0.337 e. The zero-order chi connectivity index (χ0) is 18.6. The van der Waals surface area contributed by atoms with Crippen LogP contribution in [0.5, 0.6) is 0 Å². The van der Waals surface area contributed by atoms with Gasteiger partial charge in [0.05, 0.1) is 12.7 Å². The molecule has 2 unspecified atom stereocenters. The molecule has 0 saturated carbocycles. The van der Waals surface area contributed by atoms with E-state index in [1.807, 2.05) is 19.1 Å². The Hall–Kier alpha value is -2.77. The number of ether oxygens (including phenoxy) is 1. The standard InChI is InChI=1S/C17H24N4O4/c1-11-10-20(14-6-4-13(5-7-14)16(23)25-3)8-9-21(11)15(22)12(2)19-17(18)24/h4-7,11-12H,8-10H2,1-3H3,(H3,18,19,24). The van der Waals surface area contributed by atoms with E-state index >= 15 is 0 Å². The van der Waals surface area contributed by atoms with Crippen molar-refractivity contribution in [1.29, 1.82) is 0 Å². The minimum atomic E-state index is -0.710. The summed E-state index contributed by atoms with van der Waals surface area (Å²) in [6.45, 7) is 5.45. The van der Waals surface area contributed by atoms with E-state index in [9.17, 15) is 14.4 Å². The van der Waals surface area contributed by atoms with Crippen LogP contribution in [0.15, 0.2) is 24.3 Å². The first-order chi connectivity index (χ1) is 11.8. The van der Waals surface area contributed by atoms with Crippen LogP contribution in [0.25, 0.3) is 0 Å². The summed E-state index contributed by atoms with van der Waals surface area (Å²) in [7, 11) is 1.35. The number of rotatable bonds is 4. The van der Waals surface area contributed by atoms with Crippen molar-refractivity contribution in [2.45, 2.75) is 25.9 Å². The molecule has 1 aromatic carbocycles. The number of carbonyl (C=O) groups is 3. The Bertz CT molecular complexity index is 647. The lowest BCUT2D eigenvalue weighted by Crippen LogP contribution is -2.58. The maximum absolute atomic E-state index is 12.4. The molecule has 3 amide bonds. The molecule has 2 rings (SSSR count). The van der Waals surface area contributed by atoms with Gasteiger partial charge in [0.1, 0.15) is 6.04 Å². The van der Waals surface area contributed by atoms with E-state index < -0.39 is 12.1 Å². The molecule has 8 heteroatoms. The number of hydrogen-bond acceptors (Lipinski definition) is 5. The lowest BCUT2D eigenvalue weighted by atomic mass is 10.1. The molecule has 25 heavy (non-hydrogen) atoms. The summed E-state index contributed by atoms with van der Waals surface area (Å²) in [5, 5.41) is 2.42. The van der Waals surface area contributed by atoms with Crippen LogP contribution in [-0.4, -0.2) is 61.6 Å². The van der Waals surface area contributed by atoms with E-state index in [0.29, 0.717) is 25.2 Å². The van der Waals surface area contributed by atoms with Gasteiger partial charge < -0.3 is 25.6 Å². The van der Waals surface area contributed by atoms with E-state index in [2.05, 4.69) is 10.2 Å². The van der Waals surface area contributed by atoms with Crippen molar-refractivity contribution in [1.82, 2.24) is 10.2 Å². The average Bonchev–Trinajstić information content (AvgIpc) is 2.60. The Balaban J connectivity index is 2.00. The van der Waals surface area contributed by atoms with Gasteiger partial charge >= 0.3 is 12.0 Å². The molecule has 0 aromatic heterocycles. The number of benzene rings is 1. The molecule has 2 atom stereocenters. The molecule has 1 aliphatic rings. The Morgan fingerprint density at radius 1 is 1.24 bits per heavy atom. The first-order valence-electron chi connectivity index (χ1n) is 8.13. The van der Waals surface area contributed by atoms with Gasteiger partial charge in [-0.25, -0.2) is 9.59 Å². The summed E-state index contributed by atoms with van der Waals surface area (Å²) in [6.07, 6.45) is 0. The van der Waals surface area contributed by atoms with Crippen molar-refractivity contribution in [3.05, 3.63) is 29.8 Å². The van der Waals surface area contributed by atoms with Gasteiger partial charge in [-0.15, -0.1) is 0 Å². The van der Waals surface area contributed by atoms with E-state index in [-0.39, 0.29) is 17.9 Å². The fraction of sp³-hybridized carbons (Fsp3) is 0.471. The third-order valence-corrected chi connectivity index (χ3v) is 4.29. The number of carbonyl (C=O) groups excluding carboxylic acids is 3. The Morgan fingerprint density at radius 3 is 2.40 bits per heavy atom. The number of methoxy groups -OCH3 is 1. The number of esters is 1. The number of urea groups is 1. The molecule has 0 spiro atoms. The fourth-order valence-electron chi connectivity index (χ4n) is 2.97. The lowest BCUT2D eigenvalue weighted by molar-refractivity contribution is -0.135. The number of piperazine rings is 1. The normalized spacial score (nSPS) is 18.4. The predicted octanol–water partition coefficient (Wildman–Crippen LogP) is 0.567. The second-order valence-electron chi connectivity index (χ2n) is 6.10. The quantitative estimate of drug-likeness (QED) is 0.774. The summed E-state index contributed by atoms with van der Waals surface area (Å²) in [5.74, 6) is -0.515. The van der Waals surface area contributed by atoms with Gasteiger partial charge in [-0.05, 0) is 38.1 Å². The minimum Gasteiger partial charge on any atom is -0.465 e. The van der Waals surface area contributed by atoms with Crippen LogP contribution in [0.1, 0.15) is 24.2 Å². The van der Waals surface area contributed by atoms with Crippen molar-refractivity contribution >= 4 is 23.6 Å². The summed E-state index contributed by atoms with van der Waals surface area (Å²) in [4.78, 5) is 38.7. The number of nitrogens with one attached hydrogen (secondary N) is 1. The predicted molar refractivity (Wildman–Crippen MR) is 93.4 cm³/mol. The molecule has 8 nitrogen and oxygen atoms in total. The number of anilines is 1. The second-order valence-corrected chi connectivity index (χ2v) is 6.10. The summed E-state index contributed by atoms with van der Waals surface area (Å²) < 4.78 is 4.69. The van der Waals surface area contributed by atoms with Crippen LogP contribution >= 0.6 is 0 Å². The molecule has 1 fully saturated rings. The maximum atomic E-state index is 12.4. The second kappa shape index (κ2) is 7.87. The Kier molecular flexibility index (Phi) is 5.84. The van der Waals surface area contributed by atoms with Crippen molar-refractivity contribution < 1.29 is 19.1 Å². The highest BCUT2D eigenvalue weighted by Crippen LogP contribution is 2.20. The van der Waals surface area contributed by atoms with Gasteiger partial charge in [0, 0.05) is 31.4 Å². The van der Waals surface area contributed by atoms with E-state index in [4.69, 9.17) is 10.5 Å². The molecule has 1 aliphatic heterocycles. The molecule has 1 saturated heterocycles. The molecule has 1 heterocycles. The van der Waals surface area contributed by atoms with Crippen LogP contribution in [0.2, 0.25) is 0 Å². The van der Waals surface area contributed by atoms with Gasteiger partial charge in [-0.1, -0.05) is 0 Å². The molecule has 3 N–H and O–H groups in total. The summed E-state index contributed by atoms with van der Waals surface area (Å²) in [6, 6.07) is 5.81. The Labute approximate surface area is 146 Å². The Morgan fingerprint density at radius 2 is 1.88 bits per heavy atom. The largest absolute Gasteiger partial charge is 0.465 e. The van der Waals surface area contributed by atoms with Crippen molar-refractivity contribution in [3.8, 4) is 0 Å². The first-order valence-corrected chi connectivity index (χ1v) is 8.13. The van der Waals surface area contributed by atoms with Crippen LogP contribution in [0.3, 0.4) is 0 Å². The molecule has 0 aliphatic carbocycles. The van der Waals surface area contributed by atoms with Gasteiger partial charge in [0.2, 0.25) is 5.91 Å². The van der Waals surface area contributed by atoms with Gasteiger partial charge in [-0.3, -0.25) is 4.79 Å². The molecule has 0 radical (unpaired) electrons. The highest BCUT2D eigenvalue weighted by atomic mass is 16.5. The van der Waals surface area contributed by atoms with Crippen LogP contribution in [-0.2, 0) is 9.53 Å². The molecular weight excluding hydrogens is 324 g/mol. The number of primary amides is 1. The number of hydrogen-bond donors (Lipinski definition) is 2. The fourth-order valence-corrected chi connectivity index (χ4v) is 2.97. The van der Waals surface area contributed by atoms with Crippen molar-refractivity contribution in [2.75, 3.05) is 31.6 Å². The third kappa shape index (κ3) is 4.40. The van der Waals surface area contributed by atoms with Gasteiger partial charge in [0.15, 0.2) is 0 Å². The smallest absolute Gasteiger partial charge is 0.337 e. The zero-order valence-corrected chi connectivity index (χ0v) is 14.7. The number of nitrogens with two attached hydrogens (primary N) is 1. The highest BCUT2D eigenvalue weighted by Gasteiger charge is 2.30. The van der Waals surface area contributed by atoms with Crippen molar-refractivity contribution in [3.63, 3.8) is 0 Å². The van der Waals surface area contributed by atoms with Crippen LogP contribution in [0.4, 0.5) is 10.5 Å². The van der Waals surface area contributed by atoms with E-state index in [0.717, 1.165) is 5.69 Å². The first kappa shape index (κ1) is 18.6. The highest BCUT2D eigenvalue weighted by molar-refractivity contribution is 5.89. The third-order valence-electron chi connectivity index (χ3n) is 4.29. The summed E-state index contributed by atoms with van der Waals surface area (Å²) >= 11 is 0. The number of amides is 3. The molecular formula is C17H24N4O4. The van der Waals surface area contributed by atoms with Gasteiger partial charge in [0.25, 0.3) is 0 Å². The van der Waals surface area contributed by atoms with Crippen LogP contribution < -0.4 is 16.0 Å². The monoisotopic (exact) mass is 348 g/mol. The SMILES string of the molecule is COC(=O)c1ccc(N2CCN(C(=O)C(C)NC(N)=O)C(C)C2)cc1. The molecule has 136 valence electrons. The lowest BCUT2D eigenvalue weighted by Gasteiger charge is -2.42. The van der Waals surface area contributed by atoms with Crippen molar-refractivity contribution in [2.24, 2.45) is 5.73 Å². The zero-order valence-electron chi connectivity index (χ0n) is 14.7. The number of nitrogens with zero attached hydrogens (tertiary/aromatic N) is 2. The molecule has 1 aromatic rings. The summed E-state index contributed by atoms with van der Waals surface area (Å²) in [5.41, 5.74) is 6.56.